The van der Waals surface area contributed by atoms with Gasteiger partial charge >= 0.3 is 6.18 Å². The fourth-order valence-electron chi connectivity index (χ4n) is 2.62. The van der Waals surface area contributed by atoms with E-state index >= 15 is 0 Å². The summed E-state index contributed by atoms with van der Waals surface area (Å²) < 4.78 is 36.3. The fraction of sp³-hybridized carbons (Fsp3) is 0.571. The first-order valence-electron chi connectivity index (χ1n) is 6.40. The molecule has 1 fully saturated rings. The topological polar surface area (TPSA) is 12.0 Å². The smallest absolute Gasteiger partial charge is 0.306 e. The van der Waals surface area contributed by atoms with E-state index in [0.717, 1.165) is 25.7 Å². The molecule has 0 aromatic heterocycles. The van der Waals surface area contributed by atoms with Crippen molar-refractivity contribution in [3.05, 3.63) is 35.9 Å². The maximum Gasteiger partial charge on any atom is 0.401 e. The van der Waals surface area contributed by atoms with Crippen LogP contribution in [-0.4, -0.2) is 18.8 Å². The van der Waals surface area contributed by atoms with Crippen molar-refractivity contribution in [1.82, 2.24) is 5.32 Å². The highest BCUT2D eigenvalue weighted by Gasteiger charge is 2.29. The van der Waals surface area contributed by atoms with Gasteiger partial charge in [-0.15, -0.1) is 0 Å². The Balaban J connectivity index is 1.78. The Labute approximate surface area is 105 Å². The van der Waals surface area contributed by atoms with Crippen LogP contribution in [0.4, 0.5) is 13.2 Å². The lowest BCUT2D eigenvalue weighted by molar-refractivity contribution is -0.126. The van der Waals surface area contributed by atoms with Gasteiger partial charge in [0.15, 0.2) is 0 Å². The lowest BCUT2D eigenvalue weighted by Crippen LogP contribution is -2.39. The molecule has 1 aromatic carbocycles. The Bertz CT molecular complexity index is 353. The Hall–Kier alpha value is -1.03. The van der Waals surface area contributed by atoms with Crippen LogP contribution in [0.25, 0.3) is 0 Å². The van der Waals surface area contributed by atoms with Crippen molar-refractivity contribution < 1.29 is 13.2 Å². The maximum absolute atomic E-state index is 12.1. The molecule has 1 aliphatic carbocycles. The van der Waals surface area contributed by atoms with Crippen molar-refractivity contribution in [1.29, 1.82) is 0 Å². The van der Waals surface area contributed by atoms with Crippen molar-refractivity contribution in [2.24, 2.45) is 0 Å². The van der Waals surface area contributed by atoms with E-state index in [-0.39, 0.29) is 6.04 Å². The largest absolute Gasteiger partial charge is 0.401 e. The summed E-state index contributed by atoms with van der Waals surface area (Å²) in [7, 11) is 0. The lowest BCUT2D eigenvalue weighted by atomic mass is 9.82. The minimum Gasteiger partial charge on any atom is -0.306 e. The first-order valence-corrected chi connectivity index (χ1v) is 6.40. The van der Waals surface area contributed by atoms with Crippen LogP contribution < -0.4 is 5.32 Å². The average molecular weight is 257 g/mol. The van der Waals surface area contributed by atoms with Gasteiger partial charge in [0.05, 0.1) is 6.54 Å². The van der Waals surface area contributed by atoms with Gasteiger partial charge < -0.3 is 5.32 Å². The second-order valence-corrected chi connectivity index (χ2v) is 4.96. The molecule has 2 rings (SSSR count). The van der Waals surface area contributed by atoms with E-state index in [0.29, 0.717) is 5.92 Å². The van der Waals surface area contributed by atoms with Crippen LogP contribution >= 0.6 is 0 Å². The van der Waals surface area contributed by atoms with Gasteiger partial charge in [-0.2, -0.15) is 13.2 Å². The van der Waals surface area contributed by atoms with Gasteiger partial charge in [-0.25, -0.2) is 0 Å². The van der Waals surface area contributed by atoms with Gasteiger partial charge in [0.2, 0.25) is 0 Å². The molecule has 1 aliphatic rings. The normalized spacial score (nSPS) is 25.1. The van der Waals surface area contributed by atoms with Crippen LogP contribution in [0.1, 0.15) is 37.2 Å². The zero-order valence-electron chi connectivity index (χ0n) is 10.2. The molecule has 0 unspecified atom stereocenters. The molecule has 0 atom stereocenters. The minimum absolute atomic E-state index is 0.0200. The predicted octanol–water partition coefficient (Wildman–Crippen LogP) is 3.86. The molecule has 1 aromatic rings. The quantitative estimate of drug-likeness (QED) is 0.867. The summed E-state index contributed by atoms with van der Waals surface area (Å²) >= 11 is 0. The zero-order valence-corrected chi connectivity index (χ0v) is 10.2. The second-order valence-electron chi connectivity index (χ2n) is 4.96. The SMILES string of the molecule is FC(F)(F)CNC1CCC(c2ccccc2)CC1. The summed E-state index contributed by atoms with van der Waals surface area (Å²) in [6.07, 6.45) is -0.499. The molecule has 0 spiro atoms. The Morgan fingerprint density at radius 3 is 2.17 bits per heavy atom. The predicted molar refractivity (Wildman–Crippen MR) is 65.5 cm³/mol. The van der Waals surface area contributed by atoms with Crippen molar-refractivity contribution in [3.8, 4) is 0 Å². The highest BCUT2D eigenvalue weighted by molar-refractivity contribution is 5.20. The van der Waals surface area contributed by atoms with Gasteiger partial charge in [-0.1, -0.05) is 30.3 Å². The lowest BCUT2D eigenvalue weighted by Gasteiger charge is -2.29. The van der Waals surface area contributed by atoms with Crippen molar-refractivity contribution >= 4 is 0 Å². The first kappa shape index (κ1) is 13.4. The van der Waals surface area contributed by atoms with Gasteiger partial charge in [0, 0.05) is 6.04 Å². The second kappa shape index (κ2) is 5.74. The van der Waals surface area contributed by atoms with E-state index in [1.54, 1.807) is 0 Å². The third kappa shape index (κ3) is 4.02. The van der Waals surface area contributed by atoms with Crippen molar-refractivity contribution in [2.75, 3.05) is 6.54 Å². The van der Waals surface area contributed by atoms with Gasteiger partial charge in [-0.3, -0.25) is 0 Å². The maximum atomic E-state index is 12.1. The van der Waals surface area contributed by atoms with E-state index in [4.69, 9.17) is 0 Å². The Morgan fingerprint density at radius 2 is 1.61 bits per heavy atom. The molecule has 1 nitrogen and oxygen atoms in total. The van der Waals surface area contributed by atoms with Gasteiger partial charge in [0.1, 0.15) is 0 Å². The number of rotatable bonds is 3. The van der Waals surface area contributed by atoms with Crippen LogP contribution in [0.2, 0.25) is 0 Å². The van der Waals surface area contributed by atoms with E-state index in [9.17, 15) is 13.2 Å². The average Bonchev–Trinajstić information content (AvgIpc) is 2.37. The first-order chi connectivity index (χ1) is 8.54. The molecule has 0 heterocycles. The van der Waals surface area contributed by atoms with E-state index in [1.165, 1.54) is 5.56 Å². The molecule has 4 heteroatoms. The van der Waals surface area contributed by atoms with Crippen LogP contribution in [0, 0.1) is 0 Å². The molecule has 18 heavy (non-hydrogen) atoms. The standard InChI is InChI=1S/C14H18F3N/c15-14(16,17)10-18-13-8-6-12(7-9-13)11-4-2-1-3-5-11/h1-5,12-13,18H,6-10H2. The van der Waals surface area contributed by atoms with Crippen LogP contribution in [0.15, 0.2) is 30.3 Å². The molecular weight excluding hydrogens is 239 g/mol. The van der Waals surface area contributed by atoms with Crippen LogP contribution in [0.5, 0.6) is 0 Å². The van der Waals surface area contributed by atoms with E-state index < -0.39 is 12.7 Å². The minimum atomic E-state index is -4.10. The van der Waals surface area contributed by atoms with Crippen LogP contribution in [0.3, 0.4) is 0 Å². The third-order valence-electron chi connectivity index (χ3n) is 3.59. The molecule has 0 radical (unpaired) electrons. The summed E-state index contributed by atoms with van der Waals surface area (Å²) in [5, 5.41) is 2.61. The molecule has 1 N–H and O–H groups in total. The number of alkyl halides is 3. The Morgan fingerprint density at radius 1 is 1.00 bits per heavy atom. The summed E-state index contributed by atoms with van der Waals surface area (Å²) in [6, 6.07) is 10.3. The molecule has 1 saturated carbocycles. The number of hydrogen-bond acceptors (Lipinski definition) is 1. The zero-order chi connectivity index (χ0) is 13.0. The number of hydrogen-bond donors (Lipinski definition) is 1. The molecule has 100 valence electrons. The fourth-order valence-corrected chi connectivity index (χ4v) is 2.62. The van der Waals surface area contributed by atoms with Crippen molar-refractivity contribution in [3.63, 3.8) is 0 Å². The number of nitrogens with one attached hydrogen (secondary N) is 1. The molecule has 0 bridgehead atoms. The molecule has 0 saturated heterocycles. The number of benzene rings is 1. The third-order valence-corrected chi connectivity index (χ3v) is 3.59. The highest BCUT2D eigenvalue weighted by Crippen LogP contribution is 2.32. The van der Waals surface area contributed by atoms with Crippen LogP contribution in [-0.2, 0) is 0 Å². The summed E-state index contributed by atoms with van der Waals surface area (Å²) in [5.74, 6) is 0.509. The summed E-state index contributed by atoms with van der Waals surface area (Å²) in [6.45, 7) is -0.867. The summed E-state index contributed by atoms with van der Waals surface area (Å²) in [5.41, 5.74) is 1.31. The molecule has 0 amide bonds. The van der Waals surface area contributed by atoms with E-state index in [1.807, 2.05) is 18.2 Å². The van der Waals surface area contributed by atoms with Gasteiger partial charge in [0.25, 0.3) is 0 Å². The number of halogens is 3. The molecule has 0 aliphatic heterocycles. The van der Waals surface area contributed by atoms with E-state index in [2.05, 4.69) is 17.4 Å². The highest BCUT2D eigenvalue weighted by atomic mass is 19.4. The Kier molecular flexibility index (Phi) is 4.27. The van der Waals surface area contributed by atoms with Crippen molar-refractivity contribution in [2.45, 2.75) is 43.8 Å². The molecular formula is C14H18F3N. The summed E-state index contributed by atoms with van der Waals surface area (Å²) in [4.78, 5) is 0. The van der Waals surface area contributed by atoms with Gasteiger partial charge in [-0.05, 0) is 37.2 Å². The monoisotopic (exact) mass is 257 g/mol.